The zero-order valence-corrected chi connectivity index (χ0v) is 7.40. The SMILES string of the molecule is C=I1(C)C(C)C1C. The minimum atomic E-state index is -1.18. The number of halogens is 1. The fourth-order valence-corrected chi connectivity index (χ4v) is 8.36. The van der Waals surface area contributed by atoms with Crippen LogP contribution in [0.15, 0.2) is 0 Å². The number of hydrogen-bond acceptors (Lipinski definition) is 0. The first-order chi connectivity index (χ1) is 3.07. The van der Waals surface area contributed by atoms with Gasteiger partial charge in [0.1, 0.15) is 0 Å². The van der Waals surface area contributed by atoms with Gasteiger partial charge in [0.25, 0.3) is 0 Å². The molecule has 0 N–H and O–H groups in total. The molecule has 0 aromatic rings. The van der Waals surface area contributed by atoms with Crippen LogP contribution in [0.2, 0.25) is 0 Å². The monoisotopic (exact) mass is 212 g/mol. The third-order valence-electron chi connectivity index (χ3n) is 2.14. The second-order valence-corrected chi connectivity index (χ2v) is 12.9. The first-order valence-electron chi connectivity index (χ1n) is 2.57. The predicted octanol–water partition coefficient (Wildman–Crippen LogP) is 1.88. The molecule has 0 bridgehead atoms. The second kappa shape index (κ2) is 1.30. The fraction of sp³-hybridized carbons (Fsp3) is 0.833. The van der Waals surface area contributed by atoms with Crippen LogP contribution in [-0.2, 0) is 0 Å². The Kier molecular flexibility index (Phi) is 1.07. The van der Waals surface area contributed by atoms with Gasteiger partial charge in [0.15, 0.2) is 0 Å². The Labute approximate surface area is 49.3 Å². The van der Waals surface area contributed by atoms with Gasteiger partial charge >= 0.3 is 49.1 Å². The van der Waals surface area contributed by atoms with Crippen molar-refractivity contribution in [3.8, 4) is 0 Å². The van der Waals surface area contributed by atoms with Crippen molar-refractivity contribution in [2.45, 2.75) is 21.7 Å². The van der Waals surface area contributed by atoms with E-state index in [9.17, 15) is 0 Å². The average Bonchev–Trinajstić information content (AvgIpc) is 1.91. The van der Waals surface area contributed by atoms with Gasteiger partial charge in [0, 0.05) is 0 Å². The van der Waals surface area contributed by atoms with Crippen LogP contribution in [0.25, 0.3) is 0 Å². The number of rotatable bonds is 0. The van der Waals surface area contributed by atoms with Gasteiger partial charge in [-0.05, 0) is 0 Å². The van der Waals surface area contributed by atoms with Crippen molar-refractivity contribution >= 4 is 22.5 Å². The number of hydrogen-bond donors (Lipinski definition) is 0. The summed E-state index contributed by atoms with van der Waals surface area (Å²) in [6, 6.07) is 0. The minimum absolute atomic E-state index is 1.03. The van der Waals surface area contributed by atoms with Crippen molar-refractivity contribution in [3.63, 3.8) is 0 Å². The van der Waals surface area contributed by atoms with Crippen LogP contribution in [0.4, 0.5) is 0 Å². The van der Waals surface area contributed by atoms with Crippen molar-refractivity contribution in [3.05, 3.63) is 0 Å². The van der Waals surface area contributed by atoms with Gasteiger partial charge in [-0.25, -0.2) is 0 Å². The first-order valence-corrected chi connectivity index (χ1v) is 8.74. The normalized spacial score (nSPS) is 69.0. The van der Waals surface area contributed by atoms with E-state index >= 15 is 0 Å². The Hall–Kier alpha value is 0.600. The molecule has 1 fully saturated rings. The molecule has 44 valence electrons. The molecule has 0 radical (unpaired) electrons. The molecule has 1 saturated heterocycles. The zero-order valence-electron chi connectivity index (χ0n) is 5.24. The average molecular weight is 212 g/mol. The zero-order chi connectivity index (χ0) is 5.65. The molecule has 0 nitrogen and oxygen atoms in total. The molecule has 7 heavy (non-hydrogen) atoms. The van der Waals surface area contributed by atoms with E-state index < -0.39 is 18.0 Å². The summed E-state index contributed by atoms with van der Waals surface area (Å²) in [5.41, 5.74) is 0. The Balaban J connectivity index is 2.71. The Morgan fingerprint density at radius 1 is 1.29 bits per heavy atom. The van der Waals surface area contributed by atoms with E-state index in [4.69, 9.17) is 0 Å². The van der Waals surface area contributed by atoms with E-state index in [0.29, 0.717) is 0 Å². The molecule has 0 aromatic carbocycles. The van der Waals surface area contributed by atoms with Gasteiger partial charge in [0.2, 0.25) is 0 Å². The van der Waals surface area contributed by atoms with Gasteiger partial charge < -0.3 is 0 Å². The molecule has 1 heterocycles. The van der Waals surface area contributed by atoms with E-state index in [0.717, 1.165) is 7.85 Å². The molecule has 0 aromatic heterocycles. The van der Waals surface area contributed by atoms with E-state index in [1.807, 2.05) is 0 Å². The molecule has 0 aliphatic carbocycles. The molecule has 1 aliphatic rings. The summed E-state index contributed by atoms with van der Waals surface area (Å²) in [4.78, 5) is 2.40. The van der Waals surface area contributed by atoms with Crippen molar-refractivity contribution < 1.29 is 0 Å². The summed E-state index contributed by atoms with van der Waals surface area (Å²) in [5, 5.41) is 0. The van der Waals surface area contributed by atoms with Crippen molar-refractivity contribution in [2.24, 2.45) is 0 Å². The Morgan fingerprint density at radius 3 is 1.43 bits per heavy atom. The summed E-state index contributed by atoms with van der Waals surface area (Å²) in [7, 11) is 0. The standard InChI is InChI=1S/C6H13I/c1-5-6(2)7(5,3)4/h5-6H,3H2,1-2,4H3. The molecule has 2 atom stereocenters. The van der Waals surface area contributed by atoms with Crippen LogP contribution in [0.3, 0.4) is 0 Å². The van der Waals surface area contributed by atoms with Gasteiger partial charge in [-0.1, -0.05) is 0 Å². The summed E-state index contributed by atoms with van der Waals surface area (Å²) >= 11 is -1.18. The van der Waals surface area contributed by atoms with Crippen LogP contribution >= 0.6 is 18.0 Å². The number of alkyl halides is 3. The van der Waals surface area contributed by atoms with Gasteiger partial charge in [0.05, 0.1) is 0 Å². The summed E-state index contributed by atoms with van der Waals surface area (Å²) < 4.78 is 6.29. The van der Waals surface area contributed by atoms with Crippen LogP contribution < -0.4 is 0 Å². The van der Waals surface area contributed by atoms with E-state index in [1.54, 1.807) is 0 Å². The van der Waals surface area contributed by atoms with Gasteiger partial charge in [-0.3, -0.25) is 0 Å². The third-order valence-corrected chi connectivity index (χ3v) is 12.4. The van der Waals surface area contributed by atoms with Crippen molar-refractivity contribution in [1.29, 1.82) is 0 Å². The maximum absolute atomic E-state index is 4.22. The second-order valence-electron chi connectivity index (χ2n) is 2.49. The molecule has 1 rings (SSSR count). The molecular weight excluding hydrogens is 199 g/mol. The van der Waals surface area contributed by atoms with Gasteiger partial charge in [-0.2, -0.15) is 0 Å². The van der Waals surface area contributed by atoms with Crippen LogP contribution in [0.1, 0.15) is 13.8 Å². The van der Waals surface area contributed by atoms with E-state index in [-0.39, 0.29) is 0 Å². The van der Waals surface area contributed by atoms with Gasteiger partial charge in [-0.15, -0.1) is 0 Å². The quantitative estimate of drug-likeness (QED) is 0.424. The molecule has 1 aliphatic heterocycles. The maximum atomic E-state index is 4.22. The first kappa shape index (κ1) is 5.73. The van der Waals surface area contributed by atoms with Crippen LogP contribution in [-0.4, -0.2) is 17.3 Å². The van der Waals surface area contributed by atoms with Crippen molar-refractivity contribution in [2.75, 3.05) is 4.93 Å². The van der Waals surface area contributed by atoms with E-state index in [2.05, 4.69) is 23.3 Å². The molecular formula is C6H13I. The molecule has 1 heteroatoms. The molecule has 0 spiro atoms. The third kappa shape index (κ3) is 0.655. The van der Waals surface area contributed by atoms with Crippen LogP contribution in [0.5, 0.6) is 0 Å². The summed E-state index contributed by atoms with van der Waals surface area (Å²) in [6.45, 7) is 4.68. The Morgan fingerprint density at radius 2 is 1.43 bits per heavy atom. The fourth-order valence-electron chi connectivity index (χ4n) is 0.783. The molecule has 0 saturated carbocycles. The summed E-state index contributed by atoms with van der Waals surface area (Å²) in [6.07, 6.45) is 0. The predicted molar refractivity (Wildman–Crippen MR) is 46.0 cm³/mol. The van der Waals surface area contributed by atoms with E-state index in [1.165, 1.54) is 0 Å². The van der Waals surface area contributed by atoms with Crippen LogP contribution in [0, 0.1) is 0 Å². The molecule has 2 unspecified atom stereocenters. The summed E-state index contributed by atoms with van der Waals surface area (Å²) in [5.74, 6) is 0. The Bertz CT molecular complexity index is 114. The van der Waals surface area contributed by atoms with Crippen molar-refractivity contribution in [1.82, 2.24) is 0 Å². The molecule has 0 amide bonds. The topological polar surface area (TPSA) is 0 Å².